The molecule has 0 aliphatic rings. The molecule has 2 aromatic carbocycles. The second-order valence-corrected chi connectivity index (χ2v) is 5.98. The average molecular weight is 401 g/mol. The molecule has 0 fully saturated rings. The monoisotopic (exact) mass is 401 g/mol. The number of methoxy groups -OCH3 is 1. The van der Waals surface area contributed by atoms with Crippen molar-refractivity contribution >= 4 is 24.4 Å². The van der Waals surface area contributed by atoms with Gasteiger partial charge < -0.3 is 19.9 Å². The second kappa shape index (κ2) is 10.1. The minimum Gasteiger partial charge on any atom is -0.467 e. The van der Waals surface area contributed by atoms with Gasteiger partial charge in [-0.05, 0) is 17.7 Å². The lowest BCUT2D eigenvalue weighted by atomic mass is 9.92. The molecule has 2 aromatic rings. The fourth-order valence-corrected chi connectivity index (χ4v) is 2.53. The van der Waals surface area contributed by atoms with E-state index in [4.69, 9.17) is 4.74 Å². The third-order valence-electron chi connectivity index (χ3n) is 4.07. The first-order valence-electron chi connectivity index (χ1n) is 8.57. The summed E-state index contributed by atoms with van der Waals surface area (Å²) in [6.07, 6.45) is 2.12. The quantitative estimate of drug-likeness (QED) is 0.489. The number of aliphatic hydroxyl groups is 1. The molecule has 0 aromatic heterocycles. The summed E-state index contributed by atoms with van der Waals surface area (Å²) in [5, 5.41) is 13.0. The fraction of sp³-hybridized carbons (Fsp3) is 0.190. The van der Waals surface area contributed by atoms with Crippen LogP contribution in [0.15, 0.2) is 60.7 Å². The molecule has 2 rings (SSSR count). The minimum atomic E-state index is -2.63. The molecule has 7 nitrogen and oxygen atoms in total. The third kappa shape index (κ3) is 5.49. The highest BCUT2D eigenvalue weighted by atomic mass is 19.1. The van der Waals surface area contributed by atoms with Crippen molar-refractivity contribution in [2.24, 2.45) is 0 Å². The van der Waals surface area contributed by atoms with Gasteiger partial charge in [0.2, 0.25) is 12.0 Å². The minimum absolute atomic E-state index is 0.0531. The largest absolute Gasteiger partial charge is 0.467 e. The highest BCUT2D eigenvalue weighted by molar-refractivity contribution is 5.93. The number of nitrogens with one attached hydrogen (secondary N) is 1. The average Bonchev–Trinajstić information content (AvgIpc) is 2.75. The van der Waals surface area contributed by atoms with E-state index in [9.17, 15) is 23.9 Å². The highest BCUT2D eigenvalue weighted by Crippen LogP contribution is 2.20. The van der Waals surface area contributed by atoms with Crippen LogP contribution in [0, 0.1) is 5.82 Å². The predicted octanol–water partition coefficient (Wildman–Crippen LogP) is 1.60. The lowest BCUT2D eigenvalue weighted by Crippen LogP contribution is -2.59. The van der Waals surface area contributed by atoms with Crippen LogP contribution in [0.4, 0.5) is 4.39 Å². The van der Waals surface area contributed by atoms with Gasteiger partial charge in [0.25, 0.3) is 0 Å². The lowest BCUT2D eigenvalue weighted by molar-refractivity contribution is -0.169. The maximum absolute atomic E-state index is 13.9. The fourth-order valence-electron chi connectivity index (χ4n) is 2.53. The molecule has 0 unspecified atom stereocenters. The molecule has 8 heteroatoms. The maximum Gasteiger partial charge on any atom is 0.344 e. The van der Waals surface area contributed by atoms with Gasteiger partial charge in [-0.1, -0.05) is 54.6 Å². The molecule has 0 heterocycles. The van der Waals surface area contributed by atoms with Crippen LogP contribution in [0.3, 0.4) is 0 Å². The number of carbonyl (C=O) groups excluding carboxylic acids is 3. The summed E-state index contributed by atoms with van der Waals surface area (Å²) in [7, 11) is 0.998. The summed E-state index contributed by atoms with van der Waals surface area (Å²) in [5.41, 5.74) is -1.92. The van der Waals surface area contributed by atoms with E-state index < -0.39 is 29.4 Å². The summed E-state index contributed by atoms with van der Waals surface area (Å²) in [6, 6.07) is 12.5. The van der Waals surface area contributed by atoms with Gasteiger partial charge in [-0.25, -0.2) is 14.0 Å². The molecule has 0 saturated carbocycles. The summed E-state index contributed by atoms with van der Waals surface area (Å²) >= 11 is 0. The van der Waals surface area contributed by atoms with Gasteiger partial charge in [0.15, 0.2) is 6.04 Å². The molecule has 0 spiro atoms. The molecule has 29 heavy (non-hydrogen) atoms. The number of esters is 2. The first kappa shape index (κ1) is 21.8. The smallest absolute Gasteiger partial charge is 0.344 e. The molecule has 0 saturated heterocycles. The van der Waals surface area contributed by atoms with Crippen molar-refractivity contribution in [2.45, 2.75) is 18.2 Å². The summed E-state index contributed by atoms with van der Waals surface area (Å²) in [5.74, 6) is -2.92. The van der Waals surface area contributed by atoms with E-state index in [1.54, 1.807) is 36.4 Å². The number of rotatable bonds is 9. The third-order valence-corrected chi connectivity index (χ3v) is 4.07. The molecular weight excluding hydrogens is 381 g/mol. The van der Waals surface area contributed by atoms with Crippen LogP contribution < -0.4 is 5.32 Å². The summed E-state index contributed by atoms with van der Waals surface area (Å²) in [6.45, 7) is -0.148. The Bertz CT molecular complexity index is 886. The van der Waals surface area contributed by atoms with E-state index >= 15 is 0 Å². The van der Waals surface area contributed by atoms with Crippen molar-refractivity contribution in [3.63, 3.8) is 0 Å². The Labute approximate surface area is 166 Å². The van der Waals surface area contributed by atoms with Crippen LogP contribution in [0.2, 0.25) is 0 Å². The van der Waals surface area contributed by atoms with E-state index in [-0.39, 0.29) is 18.6 Å². The van der Waals surface area contributed by atoms with Crippen molar-refractivity contribution in [1.82, 2.24) is 5.32 Å². The molecule has 0 radical (unpaired) electrons. The normalized spacial score (nSPS) is 13.9. The Kier molecular flexibility index (Phi) is 7.62. The Morgan fingerprint density at radius 1 is 1.17 bits per heavy atom. The van der Waals surface area contributed by atoms with E-state index in [1.165, 1.54) is 18.2 Å². The molecule has 1 amide bonds. The first-order chi connectivity index (χ1) is 13.9. The van der Waals surface area contributed by atoms with Crippen LogP contribution >= 0.6 is 0 Å². The van der Waals surface area contributed by atoms with Crippen molar-refractivity contribution in [3.05, 3.63) is 77.6 Å². The molecule has 0 aliphatic carbocycles. The SMILES string of the molecule is COC(=O)[C@](O)(/C=C/c1ccccc1F)[C@@H](NC=O)C(=O)OCc1ccccc1. The number of amides is 1. The number of hydrogen-bond donors (Lipinski definition) is 2. The van der Waals surface area contributed by atoms with Gasteiger partial charge in [0.05, 0.1) is 7.11 Å². The number of carbonyl (C=O) groups is 3. The predicted molar refractivity (Wildman–Crippen MR) is 102 cm³/mol. The maximum atomic E-state index is 13.9. The molecule has 152 valence electrons. The Morgan fingerprint density at radius 2 is 1.83 bits per heavy atom. The van der Waals surface area contributed by atoms with Crippen molar-refractivity contribution in [3.8, 4) is 0 Å². The standard InChI is InChI=1S/C21H20FNO6/c1-28-20(26)21(27,12-11-16-9-5-6-10-17(16)22)18(23-14-24)19(25)29-13-15-7-3-2-4-8-15/h2-12,14,18,27H,13H2,1H3,(H,23,24)/b12-11+/t18-,21-/m0/s1. The van der Waals surface area contributed by atoms with Gasteiger partial charge >= 0.3 is 11.9 Å². The Balaban J connectivity index is 2.31. The zero-order valence-corrected chi connectivity index (χ0v) is 15.6. The van der Waals surface area contributed by atoms with Crippen molar-refractivity contribution < 1.29 is 33.4 Å². The van der Waals surface area contributed by atoms with Crippen LogP contribution in [-0.4, -0.2) is 42.2 Å². The zero-order chi connectivity index (χ0) is 21.3. The van der Waals surface area contributed by atoms with E-state index in [1.807, 2.05) is 0 Å². The zero-order valence-electron chi connectivity index (χ0n) is 15.6. The molecule has 2 atom stereocenters. The van der Waals surface area contributed by atoms with Crippen LogP contribution in [-0.2, 0) is 30.5 Å². The molecule has 2 N–H and O–H groups in total. The van der Waals surface area contributed by atoms with Gasteiger partial charge in [-0.2, -0.15) is 0 Å². The van der Waals surface area contributed by atoms with Gasteiger partial charge in [0.1, 0.15) is 12.4 Å². The van der Waals surface area contributed by atoms with E-state index in [0.717, 1.165) is 19.3 Å². The molecular formula is C21H20FNO6. The van der Waals surface area contributed by atoms with Gasteiger partial charge in [0, 0.05) is 5.56 Å². The van der Waals surface area contributed by atoms with E-state index in [0.29, 0.717) is 5.56 Å². The van der Waals surface area contributed by atoms with Crippen LogP contribution in [0.5, 0.6) is 0 Å². The lowest BCUT2D eigenvalue weighted by Gasteiger charge is -2.29. The summed E-state index contributed by atoms with van der Waals surface area (Å²) in [4.78, 5) is 35.8. The van der Waals surface area contributed by atoms with Crippen molar-refractivity contribution in [2.75, 3.05) is 7.11 Å². The number of ether oxygens (including phenoxy) is 2. The highest BCUT2D eigenvalue weighted by Gasteiger charge is 2.48. The summed E-state index contributed by atoms with van der Waals surface area (Å²) < 4.78 is 23.6. The van der Waals surface area contributed by atoms with Gasteiger partial charge in [-0.15, -0.1) is 0 Å². The Hall–Kier alpha value is -3.52. The number of hydrogen-bond acceptors (Lipinski definition) is 6. The Morgan fingerprint density at radius 3 is 2.45 bits per heavy atom. The number of halogens is 1. The number of benzene rings is 2. The molecule has 0 bridgehead atoms. The second-order valence-electron chi connectivity index (χ2n) is 5.98. The first-order valence-corrected chi connectivity index (χ1v) is 8.57. The molecule has 0 aliphatic heterocycles. The van der Waals surface area contributed by atoms with E-state index in [2.05, 4.69) is 10.1 Å². The topological polar surface area (TPSA) is 102 Å². The van der Waals surface area contributed by atoms with Crippen LogP contribution in [0.25, 0.3) is 6.08 Å². The van der Waals surface area contributed by atoms with Crippen molar-refractivity contribution in [1.29, 1.82) is 0 Å². The van der Waals surface area contributed by atoms with Gasteiger partial charge in [-0.3, -0.25) is 4.79 Å². The van der Waals surface area contributed by atoms with Crippen LogP contribution in [0.1, 0.15) is 11.1 Å².